The van der Waals surface area contributed by atoms with Gasteiger partial charge in [-0.05, 0) is 23.8 Å². The summed E-state index contributed by atoms with van der Waals surface area (Å²) in [5, 5.41) is 4.03. The number of carbonyl (C=O) groups excluding carboxylic acids is 2. The summed E-state index contributed by atoms with van der Waals surface area (Å²) in [4.78, 5) is 31.6. The van der Waals surface area contributed by atoms with Crippen molar-refractivity contribution in [1.29, 1.82) is 0 Å². The van der Waals surface area contributed by atoms with Gasteiger partial charge in [0.2, 0.25) is 0 Å². The summed E-state index contributed by atoms with van der Waals surface area (Å²) in [5.74, 6) is -1.12. The smallest absolute Gasteiger partial charge is 0.411 e. The third kappa shape index (κ3) is 3.93. The maximum absolute atomic E-state index is 14.6. The van der Waals surface area contributed by atoms with Gasteiger partial charge in [0.05, 0.1) is 5.52 Å². The van der Waals surface area contributed by atoms with E-state index in [0.717, 1.165) is 10.9 Å². The molecule has 7 nitrogen and oxygen atoms in total. The fraction of sp³-hybridized carbons (Fsp3) is 0.0385. The van der Waals surface area contributed by atoms with Crippen molar-refractivity contribution in [2.75, 3.05) is 5.32 Å². The van der Waals surface area contributed by atoms with Gasteiger partial charge in [-0.15, -0.1) is 0 Å². The molecule has 34 heavy (non-hydrogen) atoms. The second-order valence-corrected chi connectivity index (χ2v) is 7.69. The molecule has 0 aliphatic rings. The van der Waals surface area contributed by atoms with Crippen LogP contribution in [-0.4, -0.2) is 22.0 Å². The Morgan fingerprint density at radius 3 is 2.53 bits per heavy atom. The topological polar surface area (TPSA) is 110 Å². The number of amides is 2. The Morgan fingerprint density at radius 2 is 1.76 bits per heavy atom. The van der Waals surface area contributed by atoms with Crippen LogP contribution in [0.4, 0.5) is 14.9 Å². The number of benzene rings is 3. The van der Waals surface area contributed by atoms with E-state index in [-0.39, 0.29) is 12.3 Å². The number of H-pyrrole nitrogens is 1. The molecule has 5 aromatic rings. The van der Waals surface area contributed by atoms with Crippen molar-refractivity contribution < 1.29 is 18.7 Å². The van der Waals surface area contributed by atoms with Crippen LogP contribution in [-0.2, 0) is 11.3 Å². The average Bonchev–Trinajstić information content (AvgIpc) is 3.22. The van der Waals surface area contributed by atoms with Crippen LogP contribution in [0.5, 0.6) is 0 Å². The monoisotopic (exact) mass is 454 g/mol. The lowest BCUT2D eigenvalue weighted by atomic mass is 10.00. The molecule has 0 spiro atoms. The van der Waals surface area contributed by atoms with Gasteiger partial charge in [0, 0.05) is 39.3 Å². The van der Waals surface area contributed by atoms with Crippen LogP contribution in [0.15, 0.2) is 79.0 Å². The summed E-state index contributed by atoms with van der Waals surface area (Å²) in [7, 11) is 0. The molecular formula is C26H19FN4O3. The number of fused-ring (bicyclic) bond motifs is 3. The molecule has 2 heterocycles. The van der Waals surface area contributed by atoms with Crippen LogP contribution >= 0.6 is 0 Å². The highest BCUT2D eigenvalue weighted by Crippen LogP contribution is 2.37. The lowest BCUT2D eigenvalue weighted by Crippen LogP contribution is -2.13. The van der Waals surface area contributed by atoms with Crippen molar-refractivity contribution in [3.05, 3.63) is 96.1 Å². The number of pyridine rings is 1. The van der Waals surface area contributed by atoms with E-state index < -0.39 is 17.8 Å². The fourth-order valence-electron chi connectivity index (χ4n) is 3.94. The number of hydrogen-bond acceptors (Lipinski definition) is 4. The van der Waals surface area contributed by atoms with E-state index in [0.29, 0.717) is 33.2 Å². The Morgan fingerprint density at radius 1 is 1.00 bits per heavy atom. The molecule has 0 saturated carbocycles. The van der Waals surface area contributed by atoms with Crippen molar-refractivity contribution in [2.45, 2.75) is 6.61 Å². The summed E-state index contributed by atoms with van der Waals surface area (Å²) in [6.07, 6.45) is 0.840. The Balaban J connectivity index is 1.53. The van der Waals surface area contributed by atoms with Crippen molar-refractivity contribution >= 4 is 39.5 Å². The van der Waals surface area contributed by atoms with Crippen LogP contribution in [0.25, 0.3) is 32.9 Å². The third-order valence-corrected chi connectivity index (χ3v) is 5.48. The van der Waals surface area contributed by atoms with Gasteiger partial charge in [0.25, 0.3) is 5.91 Å². The molecular weight excluding hydrogens is 435 g/mol. The number of ether oxygens (including phenoxy) is 1. The number of hydrogen-bond donors (Lipinski definition) is 3. The van der Waals surface area contributed by atoms with Crippen LogP contribution in [0, 0.1) is 5.82 Å². The predicted octanol–water partition coefficient (Wildman–Crippen LogP) is 5.37. The predicted molar refractivity (Wildman–Crippen MR) is 128 cm³/mol. The first kappa shape index (κ1) is 21.1. The number of nitrogens with one attached hydrogen (secondary N) is 2. The molecule has 8 heteroatoms. The summed E-state index contributed by atoms with van der Waals surface area (Å²) >= 11 is 0. The van der Waals surface area contributed by atoms with Crippen LogP contribution in [0.1, 0.15) is 16.1 Å². The summed E-state index contributed by atoms with van der Waals surface area (Å²) in [5.41, 5.74) is 8.81. The molecule has 0 unspecified atom stereocenters. The molecule has 0 saturated heterocycles. The first-order valence-corrected chi connectivity index (χ1v) is 10.5. The van der Waals surface area contributed by atoms with Gasteiger partial charge in [0.1, 0.15) is 12.4 Å². The summed E-state index contributed by atoms with van der Waals surface area (Å²) in [6.45, 7) is 0.140. The largest absolute Gasteiger partial charge is 0.444 e. The van der Waals surface area contributed by atoms with E-state index >= 15 is 0 Å². The Kier molecular flexibility index (Phi) is 5.39. The minimum Gasteiger partial charge on any atom is -0.444 e. The molecule has 2 aromatic heterocycles. The number of nitrogens with zero attached hydrogens (tertiary/aromatic N) is 1. The van der Waals surface area contributed by atoms with E-state index in [1.54, 1.807) is 36.4 Å². The Hall–Kier alpha value is -4.72. The molecule has 0 atom stereocenters. The minimum atomic E-state index is -0.709. The number of halogens is 1. The van der Waals surface area contributed by atoms with Crippen molar-refractivity contribution in [3.63, 3.8) is 0 Å². The van der Waals surface area contributed by atoms with Crippen LogP contribution < -0.4 is 11.1 Å². The highest BCUT2D eigenvalue weighted by atomic mass is 19.1. The molecule has 2 amide bonds. The first-order chi connectivity index (χ1) is 16.5. The van der Waals surface area contributed by atoms with Crippen LogP contribution in [0.2, 0.25) is 0 Å². The standard InChI is InChI=1S/C26H19FN4O3/c27-20-9-5-4-8-17(20)19-13-29-24(25(28)32)23-22(19)18-11-10-16(12-21(18)31-23)30-26(33)34-14-15-6-2-1-3-7-15/h1-13,31H,14H2,(H2,28,32)(H,30,33). The van der Waals surface area contributed by atoms with E-state index in [9.17, 15) is 14.0 Å². The van der Waals surface area contributed by atoms with Gasteiger partial charge in [-0.2, -0.15) is 0 Å². The van der Waals surface area contributed by atoms with Gasteiger partial charge < -0.3 is 15.5 Å². The minimum absolute atomic E-state index is 0.0445. The second kappa shape index (κ2) is 8.67. The lowest BCUT2D eigenvalue weighted by molar-refractivity contribution is 0.0997. The van der Waals surface area contributed by atoms with Gasteiger partial charge in [-0.3, -0.25) is 10.1 Å². The van der Waals surface area contributed by atoms with Crippen molar-refractivity contribution in [2.24, 2.45) is 5.73 Å². The number of anilines is 1. The van der Waals surface area contributed by atoms with Gasteiger partial charge in [-0.1, -0.05) is 54.6 Å². The number of aromatic amines is 1. The number of nitrogens with two attached hydrogens (primary N) is 1. The molecule has 5 rings (SSSR count). The average molecular weight is 454 g/mol. The van der Waals surface area contributed by atoms with E-state index in [1.807, 2.05) is 30.3 Å². The number of carbonyl (C=O) groups is 2. The first-order valence-electron chi connectivity index (χ1n) is 10.5. The third-order valence-electron chi connectivity index (χ3n) is 5.48. The molecule has 0 aliphatic carbocycles. The van der Waals surface area contributed by atoms with E-state index in [2.05, 4.69) is 15.3 Å². The van der Waals surface area contributed by atoms with Gasteiger partial charge in [-0.25, -0.2) is 14.2 Å². The molecule has 4 N–H and O–H groups in total. The molecule has 0 bridgehead atoms. The maximum atomic E-state index is 14.6. The second-order valence-electron chi connectivity index (χ2n) is 7.69. The zero-order chi connectivity index (χ0) is 23.7. The van der Waals surface area contributed by atoms with E-state index in [4.69, 9.17) is 10.5 Å². The molecule has 0 aliphatic heterocycles. The SMILES string of the molecule is NC(=O)c1ncc(-c2ccccc2F)c2c1[nH]c1cc(NC(=O)OCc3ccccc3)ccc12. The fourth-order valence-corrected chi connectivity index (χ4v) is 3.94. The van der Waals surface area contributed by atoms with Gasteiger partial charge >= 0.3 is 6.09 Å². The normalized spacial score (nSPS) is 11.0. The van der Waals surface area contributed by atoms with Crippen molar-refractivity contribution in [3.8, 4) is 11.1 Å². The van der Waals surface area contributed by atoms with Gasteiger partial charge in [0.15, 0.2) is 5.69 Å². The molecule has 168 valence electrons. The molecule has 0 fully saturated rings. The molecule has 0 radical (unpaired) electrons. The Labute approximate surface area is 193 Å². The zero-order valence-corrected chi connectivity index (χ0v) is 17.8. The highest BCUT2D eigenvalue weighted by molar-refractivity contribution is 6.19. The van der Waals surface area contributed by atoms with E-state index in [1.165, 1.54) is 12.3 Å². The number of rotatable bonds is 5. The number of primary amides is 1. The number of aromatic nitrogens is 2. The lowest BCUT2D eigenvalue weighted by Gasteiger charge is -2.08. The quantitative estimate of drug-likeness (QED) is 0.332. The maximum Gasteiger partial charge on any atom is 0.411 e. The molecule has 3 aromatic carbocycles. The summed E-state index contributed by atoms with van der Waals surface area (Å²) in [6, 6.07) is 20.9. The zero-order valence-electron chi connectivity index (χ0n) is 17.8. The highest BCUT2D eigenvalue weighted by Gasteiger charge is 2.19. The van der Waals surface area contributed by atoms with Crippen molar-refractivity contribution in [1.82, 2.24) is 9.97 Å². The van der Waals surface area contributed by atoms with Crippen LogP contribution in [0.3, 0.4) is 0 Å². The Bertz CT molecular complexity index is 1550. The summed E-state index contributed by atoms with van der Waals surface area (Å²) < 4.78 is 19.9.